The summed E-state index contributed by atoms with van der Waals surface area (Å²) in [7, 11) is 0. The quantitative estimate of drug-likeness (QED) is 0.637. The highest BCUT2D eigenvalue weighted by Crippen LogP contribution is 2.08. The molecule has 1 aromatic heterocycles. The van der Waals surface area contributed by atoms with Crippen LogP contribution >= 0.6 is 22.6 Å². The van der Waals surface area contributed by atoms with Crippen LogP contribution < -0.4 is 0 Å². The maximum atomic E-state index is 11.7. The van der Waals surface area contributed by atoms with Crippen molar-refractivity contribution in [2.24, 2.45) is 0 Å². The van der Waals surface area contributed by atoms with Gasteiger partial charge in [0.25, 0.3) is 0 Å². The number of ether oxygens (including phenoxy) is 1. The van der Waals surface area contributed by atoms with E-state index in [-0.39, 0.29) is 6.61 Å². The summed E-state index contributed by atoms with van der Waals surface area (Å²) in [4.78, 5) is 15.7. The van der Waals surface area contributed by atoms with Crippen molar-refractivity contribution in [1.29, 1.82) is 0 Å². The SMILES string of the molecule is O=C(OCc1ccccc1)c1cc(I)ccn1. The van der Waals surface area contributed by atoms with Gasteiger partial charge in [0.15, 0.2) is 0 Å². The van der Waals surface area contributed by atoms with Crippen LogP contribution in [0.2, 0.25) is 0 Å². The molecule has 3 nitrogen and oxygen atoms in total. The molecule has 0 amide bonds. The average Bonchev–Trinajstić information content (AvgIpc) is 2.37. The van der Waals surface area contributed by atoms with Crippen molar-refractivity contribution in [3.05, 3.63) is 63.5 Å². The maximum Gasteiger partial charge on any atom is 0.357 e. The number of hydrogen-bond acceptors (Lipinski definition) is 3. The van der Waals surface area contributed by atoms with Crippen molar-refractivity contribution >= 4 is 28.6 Å². The molecule has 0 N–H and O–H groups in total. The number of rotatable bonds is 3. The van der Waals surface area contributed by atoms with Gasteiger partial charge < -0.3 is 4.74 Å². The van der Waals surface area contributed by atoms with Gasteiger partial charge in [-0.1, -0.05) is 30.3 Å². The van der Waals surface area contributed by atoms with Crippen LogP contribution in [-0.2, 0) is 11.3 Å². The third-order valence-corrected chi connectivity index (χ3v) is 2.81. The van der Waals surface area contributed by atoms with Crippen LogP contribution in [0, 0.1) is 3.57 Å². The van der Waals surface area contributed by atoms with Gasteiger partial charge in [-0.2, -0.15) is 0 Å². The molecule has 86 valence electrons. The number of esters is 1. The molecule has 0 aliphatic heterocycles. The van der Waals surface area contributed by atoms with Gasteiger partial charge in [0.2, 0.25) is 0 Å². The first kappa shape index (κ1) is 12.0. The number of halogens is 1. The van der Waals surface area contributed by atoms with Gasteiger partial charge in [-0.25, -0.2) is 9.78 Å². The number of nitrogens with zero attached hydrogens (tertiary/aromatic N) is 1. The predicted molar refractivity (Wildman–Crippen MR) is 72.5 cm³/mol. The summed E-state index contributed by atoms with van der Waals surface area (Å²) in [5.41, 5.74) is 1.30. The summed E-state index contributed by atoms with van der Waals surface area (Å²) in [6, 6.07) is 13.1. The molecule has 2 aromatic rings. The Morgan fingerprint density at radius 1 is 1.24 bits per heavy atom. The van der Waals surface area contributed by atoms with Crippen molar-refractivity contribution in [3.63, 3.8) is 0 Å². The summed E-state index contributed by atoms with van der Waals surface area (Å²) >= 11 is 2.13. The Hall–Kier alpha value is -1.43. The number of aromatic nitrogens is 1. The molecular formula is C13H10INO2. The lowest BCUT2D eigenvalue weighted by Crippen LogP contribution is -2.07. The number of carbonyl (C=O) groups excluding carboxylic acids is 1. The zero-order valence-corrected chi connectivity index (χ0v) is 11.1. The Morgan fingerprint density at radius 2 is 2.00 bits per heavy atom. The minimum absolute atomic E-state index is 0.271. The molecule has 0 aliphatic rings. The first-order valence-corrected chi connectivity index (χ1v) is 6.16. The molecule has 0 fully saturated rings. The molecule has 0 atom stereocenters. The van der Waals surface area contributed by atoms with E-state index < -0.39 is 5.97 Å². The second kappa shape index (κ2) is 5.77. The number of carbonyl (C=O) groups is 1. The van der Waals surface area contributed by atoms with Crippen LogP contribution in [0.3, 0.4) is 0 Å². The number of pyridine rings is 1. The lowest BCUT2D eigenvalue weighted by Gasteiger charge is -2.04. The normalized spacial score (nSPS) is 9.94. The Bertz CT molecular complexity index is 514. The second-order valence-corrected chi connectivity index (χ2v) is 4.67. The van der Waals surface area contributed by atoms with Crippen LogP contribution in [0.25, 0.3) is 0 Å². The first-order chi connectivity index (χ1) is 8.25. The highest BCUT2D eigenvalue weighted by atomic mass is 127. The Morgan fingerprint density at radius 3 is 2.71 bits per heavy atom. The third kappa shape index (κ3) is 3.52. The molecule has 0 aliphatic carbocycles. The molecule has 0 saturated carbocycles. The summed E-state index contributed by atoms with van der Waals surface area (Å²) in [5.74, 6) is -0.396. The van der Waals surface area contributed by atoms with Gasteiger partial charge in [-0.05, 0) is 40.3 Å². The largest absolute Gasteiger partial charge is 0.456 e. The summed E-state index contributed by atoms with van der Waals surface area (Å²) in [6.07, 6.45) is 1.60. The first-order valence-electron chi connectivity index (χ1n) is 5.08. The van der Waals surface area contributed by atoms with E-state index in [1.165, 1.54) is 0 Å². The number of benzene rings is 1. The lowest BCUT2D eigenvalue weighted by atomic mass is 10.2. The van der Waals surface area contributed by atoms with Crippen LogP contribution in [0.1, 0.15) is 16.1 Å². The molecule has 0 spiro atoms. The summed E-state index contributed by atoms with van der Waals surface area (Å²) in [6.45, 7) is 0.271. The molecule has 0 bridgehead atoms. The monoisotopic (exact) mass is 339 g/mol. The lowest BCUT2D eigenvalue weighted by molar-refractivity contribution is 0.0465. The fourth-order valence-corrected chi connectivity index (χ4v) is 1.77. The third-order valence-electron chi connectivity index (χ3n) is 2.14. The minimum atomic E-state index is -0.396. The van der Waals surface area contributed by atoms with E-state index in [0.29, 0.717) is 5.69 Å². The molecule has 0 radical (unpaired) electrons. The predicted octanol–water partition coefficient (Wildman–Crippen LogP) is 3.04. The number of hydrogen-bond donors (Lipinski definition) is 0. The maximum absolute atomic E-state index is 11.7. The smallest absolute Gasteiger partial charge is 0.357 e. The topological polar surface area (TPSA) is 39.2 Å². The zero-order valence-electron chi connectivity index (χ0n) is 8.97. The van der Waals surface area contributed by atoms with Crippen LogP contribution in [0.4, 0.5) is 0 Å². The molecule has 0 saturated heterocycles. The molecule has 2 rings (SSSR count). The summed E-state index contributed by atoms with van der Waals surface area (Å²) < 4.78 is 6.13. The van der Waals surface area contributed by atoms with Crippen molar-refractivity contribution in [2.45, 2.75) is 6.61 Å². The van der Waals surface area contributed by atoms with E-state index in [9.17, 15) is 4.79 Å². The van der Waals surface area contributed by atoms with Crippen molar-refractivity contribution in [3.8, 4) is 0 Å². The standard InChI is InChI=1S/C13H10INO2/c14-11-6-7-15-12(8-11)13(16)17-9-10-4-2-1-3-5-10/h1-8H,9H2. The van der Waals surface area contributed by atoms with Crippen molar-refractivity contribution < 1.29 is 9.53 Å². The van der Waals surface area contributed by atoms with Gasteiger partial charge in [-0.3, -0.25) is 0 Å². The van der Waals surface area contributed by atoms with E-state index >= 15 is 0 Å². The van der Waals surface area contributed by atoms with Gasteiger partial charge in [0.05, 0.1) is 0 Å². The van der Waals surface area contributed by atoms with E-state index in [2.05, 4.69) is 27.6 Å². The molecule has 4 heteroatoms. The van der Waals surface area contributed by atoms with E-state index in [1.807, 2.05) is 36.4 Å². The van der Waals surface area contributed by atoms with Gasteiger partial charge in [-0.15, -0.1) is 0 Å². The molecule has 1 aromatic carbocycles. The molecule has 1 heterocycles. The van der Waals surface area contributed by atoms with Gasteiger partial charge in [0, 0.05) is 9.77 Å². The fourth-order valence-electron chi connectivity index (χ4n) is 1.31. The average molecular weight is 339 g/mol. The Kier molecular flexibility index (Phi) is 4.08. The van der Waals surface area contributed by atoms with E-state index in [0.717, 1.165) is 9.13 Å². The van der Waals surface area contributed by atoms with E-state index in [4.69, 9.17) is 4.74 Å². The van der Waals surface area contributed by atoms with E-state index in [1.54, 1.807) is 12.3 Å². The fraction of sp³-hybridized carbons (Fsp3) is 0.0769. The van der Waals surface area contributed by atoms with Crippen molar-refractivity contribution in [2.75, 3.05) is 0 Å². The van der Waals surface area contributed by atoms with Crippen LogP contribution in [-0.4, -0.2) is 11.0 Å². The van der Waals surface area contributed by atoms with Gasteiger partial charge in [0.1, 0.15) is 12.3 Å². The minimum Gasteiger partial charge on any atom is -0.456 e. The Labute approximate surface area is 113 Å². The summed E-state index contributed by atoms with van der Waals surface area (Å²) in [5, 5.41) is 0. The highest BCUT2D eigenvalue weighted by molar-refractivity contribution is 14.1. The van der Waals surface area contributed by atoms with Crippen molar-refractivity contribution in [1.82, 2.24) is 4.98 Å². The van der Waals surface area contributed by atoms with Crippen LogP contribution in [0.5, 0.6) is 0 Å². The highest BCUT2D eigenvalue weighted by Gasteiger charge is 2.08. The second-order valence-electron chi connectivity index (χ2n) is 3.42. The van der Waals surface area contributed by atoms with Gasteiger partial charge >= 0.3 is 5.97 Å². The molecule has 17 heavy (non-hydrogen) atoms. The molecular weight excluding hydrogens is 329 g/mol. The zero-order chi connectivity index (χ0) is 12.1. The van der Waals surface area contributed by atoms with Crippen LogP contribution in [0.15, 0.2) is 48.7 Å². The Balaban J connectivity index is 1.98. The molecule has 0 unspecified atom stereocenters.